The van der Waals surface area contributed by atoms with Gasteiger partial charge in [-0.25, -0.2) is 0 Å². The van der Waals surface area contributed by atoms with Crippen LogP contribution in [0.25, 0.3) is 0 Å². The predicted octanol–water partition coefficient (Wildman–Crippen LogP) is 1.79. The lowest BCUT2D eigenvalue weighted by Gasteiger charge is -2.05. The van der Waals surface area contributed by atoms with Crippen LogP contribution in [0.3, 0.4) is 0 Å². The van der Waals surface area contributed by atoms with Crippen molar-refractivity contribution in [1.29, 1.82) is 0 Å². The Morgan fingerprint density at radius 1 is 1.33 bits per heavy atom. The highest BCUT2D eigenvalue weighted by Gasteiger charge is 2.11. The molecule has 0 saturated carbocycles. The average molecular weight is 244 g/mol. The van der Waals surface area contributed by atoms with Gasteiger partial charge in [-0.05, 0) is 38.1 Å². The lowest BCUT2D eigenvalue weighted by atomic mass is 10.1. The number of aryl methyl sites for hydroxylation is 2. The Hall–Kier alpha value is -2.30. The molecule has 0 aliphatic heterocycles. The molecule has 0 bridgehead atoms. The Morgan fingerprint density at radius 3 is 2.56 bits per heavy atom. The number of aromatic nitrogens is 2. The van der Waals surface area contributed by atoms with Crippen molar-refractivity contribution >= 4 is 17.3 Å². The summed E-state index contributed by atoms with van der Waals surface area (Å²) in [6.07, 6.45) is 0.318. The van der Waals surface area contributed by atoms with Crippen molar-refractivity contribution < 1.29 is 4.79 Å². The van der Waals surface area contributed by atoms with E-state index < -0.39 is 0 Å². The highest BCUT2D eigenvalue weighted by molar-refractivity contribution is 5.92. The first-order valence-corrected chi connectivity index (χ1v) is 5.72. The Kier molecular flexibility index (Phi) is 3.32. The van der Waals surface area contributed by atoms with Gasteiger partial charge in [0.25, 0.3) is 0 Å². The maximum atomic E-state index is 11.9. The van der Waals surface area contributed by atoms with E-state index in [1.807, 2.05) is 13.8 Å². The molecule has 5 nitrogen and oxygen atoms in total. The number of rotatable bonds is 3. The molecule has 1 heterocycles. The van der Waals surface area contributed by atoms with Gasteiger partial charge < -0.3 is 11.1 Å². The minimum atomic E-state index is -0.0626. The molecule has 94 valence electrons. The van der Waals surface area contributed by atoms with Crippen molar-refractivity contribution in [2.75, 3.05) is 11.1 Å². The lowest BCUT2D eigenvalue weighted by molar-refractivity contribution is -0.115. The topological polar surface area (TPSA) is 83.8 Å². The van der Waals surface area contributed by atoms with E-state index in [0.717, 1.165) is 22.6 Å². The van der Waals surface area contributed by atoms with Gasteiger partial charge >= 0.3 is 0 Å². The Balaban J connectivity index is 2.03. The van der Waals surface area contributed by atoms with Crippen LogP contribution in [0.1, 0.15) is 17.0 Å². The third kappa shape index (κ3) is 2.68. The molecule has 1 aromatic heterocycles. The van der Waals surface area contributed by atoms with Crippen LogP contribution in [0.15, 0.2) is 24.3 Å². The van der Waals surface area contributed by atoms with Gasteiger partial charge in [0.05, 0.1) is 12.1 Å². The first kappa shape index (κ1) is 12.2. The molecule has 0 saturated heterocycles. The minimum absolute atomic E-state index is 0.0626. The Bertz CT molecular complexity index is 537. The monoisotopic (exact) mass is 244 g/mol. The van der Waals surface area contributed by atoms with E-state index in [4.69, 9.17) is 5.73 Å². The number of nitrogens with zero attached hydrogens (tertiary/aromatic N) is 1. The fourth-order valence-corrected chi connectivity index (χ4v) is 1.77. The highest BCUT2D eigenvalue weighted by atomic mass is 16.1. The molecular weight excluding hydrogens is 228 g/mol. The van der Waals surface area contributed by atoms with E-state index in [2.05, 4.69) is 15.5 Å². The third-order valence-electron chi connectivity index (χ3n) is 2.81. The number of nitrogens with two attached hydrogens (primary N) is 1. The number of H-pyrrole nitrogens is 1. The zero-order chi connectivity index (χ0) is 13.1. The van der Waals surface area contributed by atoms with Crippen molar-refractivity contribution in [3.63, 3.8) is 0 Å². The molecule has 1 aromatic carbocycles. The molecule has 18 heavy (non-hydrogen) atoms. The maximum absolute atomic E-state index is 11.9. The summed E-state index contributed by atoms with van der Waals surface area (Å²) in [6.45, 7) is 3.79. The third-order valence-corrected chi connectivity index (χ3v) is 2.81. The van der Waals surface area contributed by atoms with Gasteiger partial charge in [0.2, 0.25) is 5.91 Å². The predicted molar refractivity (Wildman–Crippen MR) is 71.2 cm³/mol. The highest BCUT2D eigenvalue weighted by Crippen LogP contribution is 2.13. The molecule has 1 amide bonds. The largest absolute Gasteiger partial charge is 0.399 e. The first-order valence-electron chi connectivity index (χ1n) is 5.72. The number of benzene rings is 1. The summed E-state index contributed by atoms with van der Waals surface area (Å²) in [5, 5.41) is 9.76. The van der Waals surface area contributed by atoms with Crippen molar-refractivity contribution in [1.82, 2.24) is 10.2 Å². The summed E-state index contributed by atoms with van der Waals surface area (Å²) >= 11 is 0. The zero-order valence-corrected chi connectivity index (χ0v) is 10.4. The molecule has 2 rings (SSSR count). The van der Waals surface area contributed by atoms with Crippen LogP contribution < -0.4 is 11.1 Å². The number of nitrogens with one attached hydrogen (secondary N) is 2. The van der Waals surface area contributed by atoms with Crippen LogP contribution in [0.2, 0.25) is 0 Å². The second-order valence-corrected chi connectivity index (χ2v) is 4.26. The molecule has 0 radical (unpaired) electrons. The minimum Gasteiger partial charge on any atom is -0.399 e. The number of nitrogen functional groups attached to an aromatic ring is 1. The standard InChI is InChI=1S/C13H16N4O/c1-8-12(9(2)17-16-8)7-13(18)15-11-5-3-10(14)4-6-11/h3-6H,7,14H2,1-2H3,(H,15,18)(H,16,17). The van der Waals surface area contributed by atoms with Gasteiger partial charge in [0.15, 0.2) is 0 Å². The van der Waals surface area contributed by atoms with E-state index >= 15 is 0 Å². The number of anilines is 2. The second kappa shape index (κ2) is 4.91. The number of hydrogen-bond acceptors (Lipinski definition) is 3. The van der Waals surface area contributed by atoms with Gasteiger partial charge in [-0.15, -0.1) is 0 Å². The van der Waals surface area contributed by atoms with E-state index in [1.165, 1.54) is 0 Å². The fourth-order valence-electron chi connectivity index (χ4n) is 1.77. The molecule has 0 aliphatic rings. The average Bonchev–Trinajstić information content (AvgIpc) is 2.64. The normalized spacial score (nSPS) is 10.3. The van der Waals surface area contributed by atoms with Gasteiger partial charge in [-0.1, -0.05) is 0 Å². The van der Waals surface area contributed by atoms with Crippen LogP contribution in [-0.4, -0.2) is 16.1 Å². The summed E-state index contributed by atoms with van der Waals surface area (Å²) < 4.78 is 0. The molecule has 5 heteroatoms. The molecule has 4 N–H and O–H groups in total. The van der Waals surface area contributed by atoms with Crippen molar-refractivity contribution in [2.45, 2.75) is 20.3 Å². The van der Waals surface area contributed by atoms with Gasteiger partial charge in [0, 0.05) is 22.6 Å². The summed E-state index contributed by atoms with van der Waals surface area (Å²) in [6, 6.07) is 7.07. The molecule has 0 spiro atoms. The molecule has 0 fully saturated rings. The molecule has 0 unspecified atom stereocenters. The van der Waals surface area contributed by atoms with E-state index in [9.17, 15) is 4.79 Å². The first-order chi connectivity index (χ1) is 8.56. The molecule has 0 aliphatic carbocycles. The van der Waals surface area contributed by atoms with Crippen LogP contribution in [-0.2, 0) is 11.2 Å². The fraction of sp³-hybridized carbons (Fsp3) is 0.231. The summed E-state index contributed by atoms with van der Waals surface area (Å²) in [4.78, 5) is 11.9. The van der Waals surface area contributed by atoms with Gasteiger partial charge in [-0.3, -0.25) is 9.89 Å². The number of aromatic amines is 1. The van der Waals surface area contributed by atoms with Crippen LogP contribution in [0, 0.1) is 13.8 Å². The Labute approximate surface area is 105 Å². The van der Waals surface area contributed by atoms with Crippen molar-refractivity contribution in [3.05, 3.63) is 41.2 Å². The van der Waals surface area contributed by atoms with Crippen LogP contribution >= 0.6 is 0 Å². The second-order valence-electron chi connectivity index (χ2n) is 4.26. The van der Waals surface area contributed by atoms with Crippen LogP contribution in [0.4, 0.5) is 11.4 Å². The van der Waals surface area contributed by atoms with Gasteiger partial charge in [-0.2, -0.15) is 5.10 Å². The molecular formula is C13H16N4O. The maximum Gasteiger partial charge on any atom is 0.228 e. The smallest absolute Gasteiger partial charge is 0.228 e. The molecule has 0 atom stereocenters. The summed E-state index contributed by atoms with van der Waals surface area (Å²) in [5.41, 5.74) is 9.74. The SMILES string of the molecule is Cc1n[nH]c(C)c1CC(=O)Nc1ccc(N)cc1. The zero-order valence-electron chi connectivity index (χ0n) is 10.4. The molecule has 2 aromatic rings. The summed E-state index contributed by atoms with van der Waals surface area (Å²) in [7, 11) is 0. The van der Waals surface area contributed by atoms with Crippen molar-refractivity contribution in [3.8, 4) is 0 Å². The number of amides is 1. The van der Waals surface area contributed by atoms with Crippen molar-refractivity contribution in [2.24, 2.45) is 0 Å². The van der Waals surface area contributed by atoms with E-state index in [1.54, 1.807) is 24.3 Å². The van der Waals surface area contributed by atoms with Gasteiger partial charge in [0.1, 0.15) is 0 Å². The number of carbonyl (C=O) groups excluding carboxylic acids is 1. The summed E-state index contributed by atoms with van der Waals surface area (Å²) in [5.74, 6) is -0.0626. The number of hydrogen-bond donors (Lipinski definition) is 3. The van der Waals surface area contributed by atoms with E-state index in [0.29, 0.717) is 12.1 Å². The quantitative estimate of drug-likeness (QED) is 0.720. The van der Waals surface area contributed by atoms with Crippen LogP contribution in [0.5, 0.6) is 0 Å². The number of carbonyl (C=O) groups is 1. The lowest BCUT2D eigenvalue weighted by Crippen LogP contribution is -2.15. The Morgan fingerprint density at radius 2 is 2.00 bits per heavy atom. The van der Waals surface area contributed by atoms with E-state index in [-0.39, 0.29) is 5.91 Å².